The number of carbonyl (C=O) groups excluding carboxylic acids is 1. The van der Waals surface area contributed by atoms with Gasteiger partial charge in [-0.15, -0.1) is 0 Å². The van der Waals surface area contributed by atoms with Gasteiger partial charge in [0.25, 0.3) is 0 Å². The normalized spacial score (nSPS) is 11.1. The van der Waals surface area contributed by atoms with Gasteiger partial charge in [-0.3, -0.25) is 9.36 Å². The Morgan fingerprint density at radius 1 is 1.44 bits per heavy atom. The maximum atomic E-state index is 13.1. The van der Waals surface area contributed by atoms with E-state index < -0.39 is 6.08 Å². The van der Waals surface area contributed by atoms with Crippen LogP contribution in [0.2, 0.25) is 5.15 Å². The van der Waals surface area contributed by atoms with Crippen molar-refractivity contribution < 1.29 is 9.18 Å². The Hall–Kier alpha value is -1.56. The van der Waals surface area contributed by atoms with Gasteiger partial charge in [0, 0.05) is 6.42 Å². The summed E-state index contributed by atoms with van der Waals surface area (Å²) < 4.78 is 14.3. The highest BCUT2D eigenvalue weighted by Crippen LogP contribution is 2.18. The Morgan fingerprint density at radius 3 is 2.94 bits per heavy atom. The predicted molar refractivity (Wildman–Crippen MR) is 65.1 cm³/mol. The first kappa shape index (κ1) is 12.9. The van der Waals surface area contributed by atoms with E-state index in [9.17, 15) is 9.18 Å². The van der Waals surface area contributed by atoms with Gasteiger partial charge in [0.2, 0.25) is 5.91 Å². The summed E-state index contributed by atoms with van der Waals surface area (Å²) in [5, 5.41) is -0.0855. The number of unbranched alkanes of at least 4 members (excludes halogenated alkanes) is 2. The minimum atomic E-state index is -0.962. The van der Waals surface area contributed by atoms with Crippen LogP contribution in [-0.4, -0.2) is 25.4 Å². The van der Waals surface area contributed by atoms with Crippen molar-refractivity contribution in [2.24, 2.45) is 0 Å². The summed E-state index contributed by atoms with van der Waals surface area (Å²) in [6.45, 7) is 2.06. The maximum Gasteiger partial charge on any atom is 0.312 e. The zero-order valence-corrected chi connectivity index (χ0v) is 10.6. The van der Waals surface area contributed by atoms with Crippen LogP contribution in [-0.2, 0) is 0 Å². The second-order valence-corrected chi connectivity index (χ2v) is 4.28. The lowest BCUT2D eigenvalue weighted by Gasteiger charge is -2.02. The highest BCUT2D eigenvalue weighted by molar-refractivity contribution is 6.33. The van der Waals surface area contributed by atoms with Gasteiger partial charge in [0.15, 0.2) is 10.8 Å². The molecule has 0 radical (unpaired) electrons. The van der Waals surface area contributed by atoms with Crippen molar-refractivity contribution in [3.05, 3.63) is 17.6 Å². The molecule has 0 spiro atoms. The molecule has 2 aromatic heterocycles. The summed E-state index contributed by atoms with van der Waals surface area (Å²) in [5.41, 5.74) is 0.357. The van der Waals surface area contributed by atoms with E-state index in [0.29, 0.717) is 6.42 Å². The van der Waals surface area contributed by atoms with Crippen LogP contribution in [0.1, 0.15) is 37.4 Å². The van der Waals surface area contributed by atoms with E-state index in [1.165, 1.54) is 10.9 Å². The van der Waals surface area contributed by atoms with Crippen molar-refractivity contribution in [1.29, 1.82) is 0 Å². The molecule has 0 N–H and O–H groups in total. The number of rotatable bonds is 4. The van der Waals surface area contributed by atoms with Crippen molar-refractivity contribution in [2.45, 2.75) is 32.6 Å². The lowest BCUT2D eigenvalue weighted by molar-refractivity contribution is 0.0903. The lowest BCUT2D eigenvalue weighted by atomic mass is 10.2. The van der Waals surface area contributed by atoms with Gasteiger partial charge >= 0.3 is 6.08 Å². The van der Waals surface area contributed by atoms with Crippen molar-refractivity contribution in [3.63, 3.8) is 0 Å². The van der Waals surface area contributed by atoms with E-state index in [4.69, 9.17) is 11.6 Å². The Morgan fingerprint density at radius 2 is 2.22 bits per heavy atom. The number of carbonyl (C=O) groups is 1. The standard InChI is InChI=1S/C11H12ClFN4O/c1-2-3-4-5-7(18)17-6-14-8-9(12)15-11(13)16-10(8)17/h6H,2-5H2,1H3. The van der Waals surface area contributed by atoms with Crippen LogP contribution in [0.25, 0.3) is 11.2 Å². The van der Waals surface area contributed by atoms with Crippen molar-refractivity contribution in [1.82, 2.24) is 19.5 Å². The molecule has 0 atom stereocenters. The van der Waals surface area contributed by atoms with E-state index in [1.807, 2.05) is 0 Å². The largest absolute Gasteiger partial charge is 0.312 e. The summed E-state index contributed by atoms with van der Waals surface area (Å²) in [6, 6.07) is 0. The van der Waals surface area contributed by atoms with Crippen molar-refractivity contribution >= 4 is 28.7 Å². The fourth-order valence-electron chi connectivity index (χ4n) is 1.67. The third kappa shape index (κ3) is 2.48. The highest BCUT2D eigenvalue weighted by Gasteiger charge is 2.15. The van der Waals surface area contributed by atoms with E-state index >= 15 is 0 Å². The molecule has 0 bridgehead atoms. The first-order chi connectivity index (χ1) is 8.63. The molecule has 7 heteroatoms. The molecule has 2 aromatic rings. The zero-order chi connectivity index (χ0) is 13.1. The van der Waals surface area contributed by atoms with Gasteiger partial charge in [0.1, 0.15) is 11.8 Å². The van der Waals surface area contributed by atoms with Crippen molar-refractivity contribution in [2.75, 3.05) is 0 Å². The van der Waals surface area contributed by atoms with Crippen LogP contribution in [0.5, 0.6) is 0 Å². The number of hydrogen-bond acceptors (Lipinski definition) is 4. The molecule has 0 aromatic carbocycles. The molecule has 0 saturated heterocycles. The Labute approximate surface area is 108 Å². The van der Waals surface area contributed by atoms with Crippen LogP contribution in [0.3, 0.4) is 0 Å². The van der Waals surface area contributed by atoms with Crippen LogP contribution >= 0.6 is 11.6 Å². The lowest BCUT2D eigenvalue weighted by Crippen LogP contribution is -2.10. The highest BCUT2D eigenvalue weighted by atomic mass is 35.5. The molecule has 0 unspecified atom stereocenters. The quantitative estimate of drug-likeness (QED) is 0.487. The van der Waals surface area contributed by atoms with Gasteiger partial charge < -0.3 is 0 Å². The summed E-state index contributed by atoms with van der Waals surface area (Å²) in [7, 11) is 0. The first-order valence-electron chi connectivity index (χ1n) is 5.72. The molecule has 0 aliphatic heterocycles. The second-order valence-electron chi connectivity index (χ2n) is 3.92. The number of hydrogen-bond donors (Lipinski definition) is 0. The molecule has 5 nitrogen and oxygen atoms in total. The third-order valence-corrected chi connectivity index (χ3v) is 2.85. The zero-order valence-electron chi connectivity index (χ0n) is 9.86. The molecule has 0 fully saturated rings. The van der Waals surface area contributed by atoms with Crippen LogP contribution in [0, 0.1) is 6.08 Å². The molecule has 2 heterocycles. The Bertz CT molecular complexity index is 584. The molecule has 0 amide bonds. The fraction of sp³-hybridized carbons (Fsp3) is 0.455. The first-order valence-corrected chi connectivity index (χ1v) is 6.10. The van der Waals surface area contributed by atoms with Gasteiger partial charge in [-0.05, 0) is 6.42 Å². The van der Waals surface area contributed by atoms with E-state index in [1.54, 1.807) is 0 Å². The van der Waals surface area contributed by atoms with Gasteiger partial charge in [-0.2, -0.15) is 14.4 Å². The Balaban J connectivity index is 2.31. The summed E-state index contributed by atoms with van der Waals surface area (Å²) in [5.74, 6) is -0.167. The number of nitrogens with zero attached hydrogens (tertiary/aromatic N) is 4. The monoisotopic (exact) mass is 270 g/mol. The molecular weight excluding hydrogens is 259 g/mol. The van der Waals surface area contributed by atoms with Gasteiger partial charge in [0.05, 0.1) is 0 Å². The molecule has 96 valence electrons. The van der Waals surface area contributed by atoms with Crippen LogP contribution in [0.15, 0.2) is 6.33 Å². The average molecular weight is 271 g/mol. The second kappa shape index (κ2) is 5.39. The number of halogens is 2. The fourth-order valence-corrected chi connectivity index (χ4v) is 1.87. The number of imidazole rings is 1. The molecule has 0 aliphatic carbocycles. The van der Waals surface area contributed by atoms with Crippen molar-refractivity contribution in [3.8, 4) is 0 Å². The van der Waals surface area contributed by atoms with E-state index in [2.05, 4.69) is 21.9 Å². The smallest absolute Gasteiger partial charge is 0.274 e. The summed E-state index contributed by atoms with van der Waals surface area (Å²) >= 11 is 5.73. The molecule has 0 saturated carbocycles. The SMILES string of the molecule is CCCCCC(=O)n1cnc2c(Cl)nc(F)nc21. The topological polar surface area (TPSA) is 60.7 Å². The molecule has 18 heavy (non-hydrogen) atoms. The summed E-state index contributed by atoms with van der Waals surface area (Å²) in [6.07, 6.45) is 3.51. The van der Waals surface area contributed by atoms with E-state index in [-0.39, 0.29) is 22.2 Å². The van der Waals surface area contributed by atoms with E-state index in [0.717, 1.165) is 19.3 Å². The molecule has 0 aliphatic rings. The average Bonchev–Trinajstić information content (AvgIpc) is 2.73. The minimum Gasteiger partial charge on any atom is -0.274 e. The third-order valence-electron chi connectivity index (χ3n) is 2.59. The minimum absolute atomic E-state index is 0.0855. The number of aromatic nitrogens is 4. The van der Waals surface area contributed by atoms with Gasteiger partial charge in [-0.1, -0.05) is 31.4 Å². The maximum absolute atomic E-state index is 13.1. The predicted octanol–water partition coefficient (Wildman–Crippen LogP) is 2.84. The molecular formula is C11H12ClFN4O. The molecule has 2 rings (SSSR count). The van der Waals surface area contributed by atoms with Gasteiger partial charge in [-0.25, -0.2) is 4.98 Å². The number of fused-ring (bicyclic) bond motifs is 1. The summed E-state index contributed by atoms with van der Waals surface area (Å²) in [4.78, 5) is 22.8. The van der Waals surface area contributed by atoms with Crippen LogP contribution < -0.4 is 0 Å². The van der Waals surface area contributed by atoms with Crippen LogP contribution in [0.4, 0.5) is 4.39 Å². The Kier molecular flexibility index (Phi) is 3.86.